The molecule has 1 amide bonds. The first kappa shape index (κ1) is 13.5. The summed E-state index contributed by atoms with van der Waals surface area (Å²) in [7, 11) is 0. The number of aryl methyl sites for hydroxylation is 1. The molecule has 1 atom stereocenters. The summed E-state index contributed by atoms with van der Waals surface area (Å²) >= 11 is 1.48. The minimum atomic E-state index is -0.379. The molecule has 0 bridgehead atoms. The molecule has 0 aromatic carbocycles. The quantitative estimate of drug-likeness (QED) is 0.835. The predicted octanol–water partition coefficient (Wildman–Crippen LogP) is 1.94. The van der Waals surface area contributed by atoms with Crippen molar-refractivity contribution in [1.82, 2.24) is 9.88 Å². The van der Waals surface area contributed by atoms with E-state index >= 15 is 0 Å². The van der Waals surface area contributed by atoms with Gasteiger partial charge in [0, 0.05) is 25.6 Å². The van der Waals surface area contributed by atoms with Crippen LogP contribution >= 0.6 is 11.3 Å². The first-order valence-corrected chi connectivity index (χ1v) is 7.60. The number of amides is 1. The van der Waals surface area contributed by atoms with Crippen LogP contribution in [0.25, 0.3) is 0 Å². The van der Waals surface area contributed by atoms with E-state index in [9.17, 15) is 4.79 Å². The lowest BCUT2D eigenvalue weighted by molar-refractivity contribution is 0.0372. The zero-order valence-corrected chi connectivity index (χ0v) is 12.5. The molecular formula is C14H17N3O2S. The van der Waals surface area contributed by atoms with Gasteiger partial charge in [-0.1, -0.05) is 0 Å². The van der Waals surface area contributed by atoms with Crippen molar-refractivity contribution < 1.29 is 9.53 Å². The molecule has 6 heteroatoms. The number of thiazole rings is 1. The summed E-state index contributed by atoms with van der Waals surface area (Å²) < 4.78 is 5.38. The molecule has 1 unspecified atom stereocenters. The van der Waals surface area contributed by atoms with E-state index in [1.54, 1.807) is 4.90 Å². The normalized spacial score (nSPS) is 24.2. The minimum absolute atomic E-state index is 0.0119. The summed E-state index contributed by atoms with van der Waals surface area (Å²) in [5.41, 5.74) is 0.420. The molecule has 1 aromatic heterocycles. The molecule has 20 heavy (non-hydrogen) atoms. The second kappa shape index (κ2) is 4.83. The number of nitriles is 1. The Bertz CT molecular complexity index is 578. The van der Waals surface area contributed by atoms with Crippen LogP contribution in [0.3, 0.4) is 0 Å². The Morgan fingerprint density at radius 2 is 2.35 bits per heavy atom. The van der Waals surface area contributed by atoms with Crippen molar-refractivity contribution >= 4 is 17.2 Å². The van der Waals surface area contributed by atoms with Gasteiger partial charge in [-0.25, -0.2) is 4.98 Å². The lowest BCUT2D eigenvalue weighted by atomic mass is 9.83. The van der Waals surface area contributed by atoms with Crippen LogP contribution < -0.4 is 0 Å². The van der Waals surface area contributed by atoms with Gasteiger partial charge in [-0.05, 0) is 20.3 Å². The predicted molar refractivity (Wildman–Crippen MR) is 74.7 cm³/mol. The SMILES string of the molecule is Cc1nc(C2CCOC2)sc1C(=O)N1CC(C)(C#N)C1. The van der Waals surface area contributed by atoms with E-state index in [2.05, 4.69) is 11.1 Å². The third kappa shape index (κ3) is 2.21. The lowest BCUT2D eigenvalue weighted by Crippen LogP contribution is -2.56. The van der Waals surface area contributed by atoms with Gasteiger partial charge in [-0.2, -0.15) is 5.26 Å². The van der Waals surface area contributed by atoms with Crippen molar-refractivity contribution in [3.8, 4) is 6.07 Å². The minimum Gasteiger partial charge on any atom is -0.381 e. The summed E-state index contributed by atoms with van der Waals surface area (Å²) in [4.78, 5) is 19.4. The van der Waals surface area contributed by atoms with E-state index in [1.807, 2.05) is 13.8 Å². The fourth-order valence-electron chi connectivity index (χ4n) is 2.67. The highest BCUT2D eigenvalue weighted by atomic mass is 32.1. The average molecular weight is 291 g/mol. The van der Waals surface area contributed by atoms with E-state index in [-0.39, 0.29) is 11.3 Å². The van der Waals surface area contributed by atoms with Crippen LogP contribution in [0.2, 0.25) is 0 Å². The van der Waals surface area contributed by atoms with Crippen LogP contribution in [-0.4, -0.2) is 42.1 Å². The van der Waals surface area contributed by atoms with Crippen molar-refractivity contribution in [2.45, 2.75) is 26.2 Å². The van der Waals surface area contributed by atoms with E-state index < -0.39 is 0 Å². The first-order chi connectivity index (χ1) is 9.52. The fourth-order valence-corrected chi connectivity index (χ4v) is 3.83. The van der Waals surface area contributed by atoms with Crippen LogP contribution in [0, 0.1) is 23.7 Å². The number of carbonyl (C=O) groups is 1. The van der Waals surface area contributed by atoms with Crippen LogP contribution in [0.15, 0.2) is 0 Å². The van der Waals surface area contributed by atoms with Gasteiger partial charge in [0.05, 0.1) is 28.8 Å². The topological polar surface area (TPSA) is 66.2 Å². The Morgan fingerprint density at radius 1 is 1.60 bits per heavy atom. The van der Waals surface area contributed by atoms with Gasteiger partial charge < -0.3 is 9.64 Å². The molecule has 2 saturated heterocycles. The van der Waals surface area contributed by atoms with Crippen molar-refractivity contribution in [1.29, 1.82) is 5.26 Å². The van der Waals surface area contributed by atoms with Gasteiger partial charge in [-0.15, -0.1) is 11.3 Å². The van der Waals surface area contributed by atoms with Gasteiger partial charge in [0.15, 0.2) is 0 Å². The first-order valence-electron chi connectivity index (χ1n) is 6.78. The van der Waals surface area contributed by atoms with Crippen LogP contribution in [-0.2, 0) is 4.74 Å². The molecule has 3 heterocycles. The molecule has 3 rings (SSSR count). The second-order valence-electron chi connectivity index (χ2n) is 5.86. The third-order valence-corrected chi connectivity index (χ3v) is 5.23. The van der Waals surface area contributed by atoms with Crippen molar-refractivity contribution in [2.24, 2.45) is 5.41 Å². The molecule has 0 aliphatic carbocycles. The summed E-state index contributed by atoms with van der Waals surface area (Å²) in [5, 5.41) is 10.0. The molecule has 2 fully saturated rings. The van der Waals surface area contributed by atoms with E-state index in [0.717, 1.165) is 23.7 Å². The molecule has 1 aromatic rings. The Balaban J connectivity index is 1.74. The number of aromatic nitrogens is 1. The van der Waals surface area contributed by atoms with E-state index in [0.29, 0.717) is 30.5 Å². The second-order valence-corrected chi connectivity index (χ2v) is 6.89. The number of likely N-dealkylation sites (tertiary alicyclic amines) is 1. The molecule has 0 spiro atoms. The van der Waals surface area contributed by atoms with Crippen LogP contribution in [0.1, 0.15) is 39.6 Å². The van der Waals surface area contributed by atoms with Gasteiger partial charge >= 0.3 is 0 Å². The maximum absolute atomic E-state index is 12.4. The number of ether oxygens (including phenoxy) is 1. The molecule has 0 radical (unpaired) electrons. The summed E-state index contributed by atoms with van der Waals surface area (Å²) in [6, 6.07) is 2.26. The lowest BCUT2D eigenvalue weighted by Gasteiger charge is -2.43. The van der Waals surface area contributed by atoms with Gasteiger partial charge in [0.2, 0.25) is 0 Å². The number of hydrogen-bond donors (Lipinski definition) is 0. The van der Waals surface area contributed by atoms with Crippen molar-refractivity contribution in [3.05, 3.63) is 15.6 Å². The maximum Gasteiger partial charge on any atom is 0.265 e. The number of hydrogen-bond acceptors (Lipinski definition) is 5. The van der Waals surface area contributed by atoms with E-state index in [1.165, 1.54) is 11.3 Å². The Hall–Kier alpha value is -1.45. The number of rotatable bonds is 2. The molecule has 106 valence electrons. The summed E-state index contributed by atoms with van der Waals surface area (Å²) in [6.45, 7) is 6.28. The van der Waals surface area contributed by atoms with Crippen LogP contribution in [0.5, 0.6) is 0 Å². The summed E-state index contributed by atoms with van der Waals surface area (Å²) in [5.74, 6) is 0.346. The third-order valence-electron chi connectivity index (χ3n) is 3.92. The largest absolute Gasteiger partial charge is 0.381 e. The van der Waals surface area contributed by atoms with Crippen LogP contribution in [0.4, 0.5) is 0 Å². The smallest absolute Gasteiger partial charge is 0.265 e. The monoisotopic (exact) mass is 291 g/mol. The highest BCUT2D eigenvalue weighted by Gasteiger charge is 2.42. The van der Waals surface area contributed by atoms with Crippen molar-refractivity contribution in [2.75, 3.05) is 26.3 Å². The number of nitrogens with zero attached hydrogens (tertiary/aromatic N) is 3. The Kier molecular flexibility index (Phi) is 3.27. The van der Waals surface area contributed by atoms with Gasteiger partial charge in [-0.3, -0.25) is 4.79 Å². The highest BCUT2D eigenvalue weighted by molar-refractivity contribution is 7.13. The zero-order chi connectivity index (χ0) is 14.3. The molecular weight excluding hydrogens is 274 g/mol. The zero-order valence-electron chi connectivity index (χ0n) is 11.7. The van der Waals surface area contributed by atoms with E-state index in [4.69, 9.17) is 10.00 Å². The molecule has 2 aliphatic rings. The maximum atomic E-state index is 12.4. The van der Waals surface area contributed by atoms with Crippen molar-refractivity contribution in [3.63, 3.8) is 0 Å². The summed E-state index contributed by atoms with van der Waals surface area (Å²) in [6.07, 6.45) is 0.983. The molecule has 0 saturated carbocycles. The molecule has 5 nitrogen and oxygen atoms in total. The standard InChI is InChI=1S/C14H17N3O2S/c1-9-11(13(18)17-7-14(2,6-15)8-17)20-12(16-9)10-3-4-19-5-10/h10H,3-5,7-8H2,1-2H3. The highest BCUT2D eigenvalue weighted by Crippen LogP contribution is 2.34. The Morgan fingerprint density at radius 3 is 2.95 bits per heavy atom. The van der Waals surface area contributed by atoms with Gasteiger partial charge in [0.1, 0.15) is 4.88 Å². The molecule has 2 aliphatic heterocycles. The molecule has 0 N–H and O–H groups in total. The fraction of sp³-hybridized carbons (Fsp3) is 0.643. The average Bonchev–Trinajstić information content (AvgIpc) is 3.03. The van der Waals surface area contributed by atoms with Gasteiger partial charge in [0.25, 0.3) is 5.91 Å². The number of carbonyl (C=O) groups excluding carboxylic acids is 1. The Labute approximate surface area is 122 Å².